The van der Waals surface area contributed by atoms with Crippen molar-refractivity contribution < 1.29 is 23.5 Å². The minimum atomic E-state index is -0.549. The highest BCUT2D eigenvalue weighted by Gasteiger charge is 2.51. The van der Waals surface area contributed by atoms with E-state index in [0.717, 1.165) is 62.3 Å². The van der Waals surface area contributed by atoms with Crippen molar-refractivity contribution in [3.63, 3.8) is 0 Å². The summed E-state index contributed by atoms with van der Waals surface area (Å²) in [6.45, 7) is 0.0843. The Labute approximate surface area is 258 Å². The number of hydrogen-bond acceptors (Lipinski definition) is 5. The number of halogens is 2. The Morgan fingerprint density at radius 3 is 2.44 bits per heavy atom. The highest BCUT2D eigenvalue weighted by molar-refractivity contribution is 6.02. The summed E-state index contributed by atoms with van der Waals surface area (Å²) in [5.41, 5.74) is 7.60. The molecule has 1 saturated heterocycles. The fourth-order valence-electron chi connectivity index (χ4n) is 8.78. The highest BCUT2D eigenvalue weighted by atomic mass is 35.5. The number of nitrogens with one attached hydrogen (secondary N) is 1. The summed E-state index contributed by atoms with van der Waals surface area (Å²) in [5.74, 6) is 0.265. The average molecular weight is 615 g/mol. The quantitative estimate of drug-likeness (QED) is 0.394. The van der Waals surface area contributed by atoms with Crippen LogP contribution >= 0.6 is 12.4 Å². The molecule has 8 nitrogen and oxygen atoms in total. The summed E-state index contributed by atoms with van der Waals surface area (Å²) in [6.07, 6.45) is 12.3. The number of anilines is 1. The number of likely N-dealkylation sites (tertiary alicyclic amines) is 1. The van der Waals surface area contributed by atoms with Gasteiger partial charge < -0.3 is 20.7 Å². The number of amides is 2. The predicted molar refractivity (Wildman–Crippen MR) is 165 cm³/mol. The molecule has 1 aromatic heterocycles. The van der Waals surface area contributed by atoms with Crippen LogP contribution in [0.1, 0.15) is 94.0 Å². The lowest BCUT2D eigenvalue weighted by Gasteiger charge is -2.38. The summed E-state index contributed by atoms with van der Waals surface area (Å²) in [6, 6.07) is 6.72. The molecule has 1 aromatic carbocycles. The SMILES string of the molecule is Cl.N[C@H](CF)C1CCC(C(=O)N2CC[C@@H](C3CCCCC3)[C@H]2C(=O)Nc2ccc3c(c2)cc2n3C3(CCC3)OC2=O)CC1. The maximum atomic E-state index is 14.1. The van der Waals surface area contributed by atoms with Crippen molar-refractivity contribution >= 4 is 46.8 Å². The molecule has 3 aliphatic carbocycles. The smallest absolute Gasteiger partial charge is 0.357 e. The van der Waals surface area contributed by atoms with Gasteiger partial charge in [-0.1, -0.05) is 32.1 Å². The molecule has 0 unspecified atom stereocenters. The first-order valence-corrected chi connectivity index (χ1v) is 16.2. The Bertz CT molecular complexity index is 1380. The van der Waals surface area contributed by atoms with Gasteiger partial charge in [0.05, 0.1) is 5.52 Å². The first-order chi connectivity index (χ1) is 20.4. The molecule has 234 valence electrons. The van der Waals surface area contributed by atoms with Crippen LogP contribution in [0.4, 0.5) is 10.1 Å². The van der Waals surface area contributed by atoms with Crippen LogP contribution in [-0.4, -0.2) is 52.6 Å². The topological polar surface area (TPSA) is 107 Å². The molecule has 3 N–H and O–H groups in total. The number of alkyl halides is 1. The number of esters is 1. The zero-order chi connectivity index (χ0) is 29.0. The van der Waals surface area contributed by atoms with E-state index in [1.807, 2.05) is 33.7 Å². The number of nitrogens with two attached hydrogens (primary N) is 1. The zero-order valence-electron chi connectivity index (χ0n) is 24.8. The number of rotatable bonds is 6. The second kappa shape index (κ2) is 12.0. The van der Waals surface area contributed by atoms with E-state index in [0.29, 0.717) is 36.7 Å². The third-order valence-corrected chi connectivity index (χ3v) is 11.3. The number of nitrogens with zero attached hydrogens (tertiary/aromatic N) is 2. The van der Waals surface area contributed by atoms with E-state index in [-0.39, 0.29) is 47.9 Å². The van der Waals surface area contributed by atoms with Crippen molar-refractivity contribution in [1.82, 2.24) is 9.47 Å². The molecule has 4 fully saturated rings. The zero-order valence-corrected chi connectivity index (χ0v) is 25.6. The van der Waals surface area contributed by atoms with Gasteiger partial charge in [0.2, 0.25) is 11.8 Å². The average Bonchev–Trinajstić information content (AvgIpc) is 3.69. The molecule has 3 heterocycles. The third-order valence-electron chi connectivity index (χ3n) is 11.3. The van der Waals surface area contributed by atoms with Crippen molar-refractivity contribution in [1.29, 1.82) is 0 Å². The van der Waals surface area contributed by atoms with Crippen LogP contribution in [0, 0.1) is 23.7 Å². The second-order valence-electron chi connectivity index (χ2n) is 13.6. The van der Waals surface area contributed by atoms with E-state index < -0.39 is 24.5 Å². The molecule has 2 aliphatic heterocycles. The van der Waals surface area contributed by atoms with Gasteiger partial charge in [0.25, 0.3) is 0 Å². The predicted octanol–water partition coefficient (Wildman–Crippen LogP) is 5.91. The van der Waals surface area contributed by atoms with Gasteiger partial charge in [-0.2, -0.15) is 0 Å². The Balaban J connectivity index is 0.00000329. The summed E-state index contributed by atoms with van der Waals surface area (Å²) < 4.78 is 20.9. The van der Waals surface area contributed by atoms with Crippen LogP contribution in [0.5, 0.6) is 0 Å². The van der Waals surface area contributed by atoms with E-state index in [1.165, 1.54) is 19.3 Å². The molecule has 0 bridgehead atoms. The van der Waals surface area contributed by atoms with E-state index in [1.54, 1.807) is 0 Å². The number of carbonyl (C=O) groups is 3. The van der Waals surface area contributed by atoms with Gasteiger partial charge in [0.1, 0.15) is 18.4 Å². The molecule has 3 atom stereocenters. The van der Waals surface area contributed by atoms with Gasteiger partial charge in [-0.3, -0.25) is 14.2 Å². The lowest BCUT2D eigenvalue weighted by Crippen LogP contribution is -2.50. The first-order valence-electron chi connectivity index (χ1n) is 16.2. The van der Waals surface area contributed by atoms with Crippen molar-refractivity contribution in [2.24, 2.45) is 29.4 Å². The lowest BCUT2D eigenvalue weighted by atomic mass is 9.76. The lowest BCUT2D eigenvalue weighted by molar-refractivity contribution is -0.142. The molecule has 43 heavy (non-hydrogen) atoms. The normalized spacial score (nSPS) is 29.1. The van der Waals surface area contributed by atoms with Gasteiger partial charge in [-0.05, 0) is 80.5 Å². The first kappa shape index (κ1) is 30.4. The maximum Gasteiger partial charge on any atom is 0.357 e. The van der Waals surface area contributed by atoms with Crippen LogP contribution in [-0.2, 0) is 20.1 Å². The fourth-order valence-corrected chi connectivity index (χ4v) is 8.78. The molecule has 7 rings (SSSR count). The molecule has 5 aliphatic rings. The molecule has 0 radical (unpaired) electrons. The van der Waals surface area contributed by atoms with Crippen molar-refractivity contribution in [3.05, 3.63) is 30.0 Å². The number of hydrogen-bond donors (Lipinski definition) is 2. The van der Waals surface area contributed by atoms with Crippen LogP contribution in [0.25, 0.3) is 10.9 Å². The molecule has 2 aromatic rings. The van der Waals surface area contributed by atoms with Gasteiger partial charge in [0, 0.05) is 42.4 Å². The van der Waals surface area contributed by atoms with E-state index in [2.05, 4.69) is 5.32 Å². The minimum Gasteiger partial charge on any atom is -0.434 e. The number of carbonyl (C=O) groups excluding carboxylic acids is 3. The summed E-state index contributed by atoms with van der Waals surface area (Å²) in [5, 5.41) is 4.07. The molecule has 1 spiro atoms. The largest absolute Gasteiger partial charge is 0.434 e. The van der Waals surface area contributed by atoms with Crippen LogP contribution in [0.15, 0.2) is 24.3 Å². The Morgan fingerprint density at radius 2 is 1.77 bits per heavy atom. The fraction of sp³-hybridized carbons (Fsp3) is 0.667. The Kier molecular flexibility index (Phi) is 8.50. The number of ether oxygens (including phenoxy) is 1. The molecule has 3 saturated carbocycles. The van der Waals surface area contributed by atoms with E-state index in [4.69, 9.17) is 10.5 Å². The standard InChI is InChI=1S/C33H43FN4O4.ClH/c34-19-26(35)21-7-9-22(10-8-21)31(40)37-16-13-25(20-5-2-1-3-6-20)29(37)30(39)36-24-11-12-27-23(17-24)18-28-32(41)42-33(38(27)28)14-4-15-33;/h11-12,17-18,20-22,25-26,29H,1-10,13-16,19,35H2,(H,36,39);1H/t21?,22?,25-,26+,29-;/m0./s1. The van der Waals surface area contributed by atoms with Crippen LogP contribution < -0.4 is 11.1 Å². The summed E-state index contributed by atoms with van der Waals surface area (Å²) in [7, 11) is 0. The minimum absolute atomic E-state index is 0. The van der Waals surface area contributed by atoms with Crippen LogP contribution in [0.3, 0.4) is 0 Å². The monoisotopic (exact) mass is 614 g/mol. The summed E-state index contributed by atoms with van der Waals surface area (Å²) >= 11 is 0. The number of aromatic nitrogens is 1. The number of benzene rings is 1. The van der Waals surface area contributed by atoms with Crippen molar-refractivity contribution in [2.75, 3.05) is 18.5 Å². The van der Waals surface area contributed by atoms with Gasteiger partial charge in [-0.25, -0.2) is 9.18 Å². The second-order valence-corrected chi connectivity index (χ2v) is 13.6. The highest BCUT2D eigenvalue weighted by Crippen LogP contribution is 2.48. The Hall–Kier alpha value is -2.65. The van der Waals surface area contributed by atoms with E-state index in [9.17, 15) is 18.8 Å². The van der Waals surface area contributed by atoms with Crippen molar-refractivity contribution in [2.45, 2.75) is 101 Å². The molecular formula is C33H44ClFN4O4. The van der Waals surface area contributed by atoms with Gasteiger partial charge >= 0.3 is 5.97 Å². The van der Waals surface area contributed by atoms with Gasteiger partial charge in [-0.15, -0.1) is 12.4 Å². The van der Waals surface area contributed by atoms with Gasteiger partial charge in [0.15, 0.2) is 5.72 Å². The maximum absolute atomic E-state index is 14.1. The Morgan fingerprint density at radius 1 is 1.02 bits per heavy atom. The molecule has 10 heteroatoms. The third kappa shape index (κ3) is 5.24. The van der Waals surface area contributed by atoms with Crippen molar-refractivity contribution in [3.8, 4) is 0 Å². The van der Waals surface area contributed by atoms with Crippen LogP contribution in [0.2, 0.25) is 0 Å². The summed E-state index contributed by atoms with van der Waals surface area (Å²) in [4.78, 5) is 42.5. The number of fused-ring (bicyclic) bond motifs is 4. The van der Waals surface area contributed by atoms with E-state index >= 15 is 0 Å². The molecular weight excluding hydrogens is 571 g/mol. The molecule has 2 amide bonds.